The monoisotopic (exact) mass is 293 g/mol. The van der Waals surface area contributed by atoms with Crippen LogP contribution < -0.4 is 10.6 Å². The Hall–Kier alpha value is -1.69. The topological polar surface area (TPSA) is 67.9 Å². The zero-order chi connectivity index (χ0) is 12.3. The van der Waals surface area contributed by atoms with E-state index in [0.717, 1.165) is 15.9 Å². The van der Waals surface area contributed by atoms with E-state index >= 15 is 0 Å². The van der Waals surface area contributed by atoms with Crippen molar-refractivity contribution in [3.63, 3.8) is 0 Å². The van der Waals surface area contributed by atoms with Gasteiger partial charge in [-0.05, 0) is 27.6 Å². The van der Waals surface area contributed by atoms with Crippen LogP contribution in [0.2, 0.25) is 0 Å². The maximum atomic E-state index is 5.58. The van der Waals surface area contributed by atoms with Gasteiger partial charge in [0.05, 0.1) is 4.47 Å². The van der Waals surface area contributed by atoms with E-state index in [9.17, 15) is 0 Å². The Morgan fingerprint density at radius 1 is 1.41 bits per heavy atom. The number of hydrogen-bond acceptors (Lipinski definition) is 5. The van der Waals surface area contributed by atoms with Gasteiger partial charge in [-0.3, -0.25) is 4.98 Å². The molecule has 17 heavy (non-hydrogen) atoms. The number of anilines is 2. The van der Waals surface area contributed by atoms with E-state index in [4.69, 9.17) is 5.73 Å². The first-order valence-electron chi connectivity index (χ1n) is 5.05. The van der Waals surface area contributed by atoms with Crippen molar-refractivity contribution in [3.05, 3.63) is 40.8 Å². The normalized spacial score (nSPS) is 10.2. The second-order valence-corrected chi connectivity index (χ2v) is 4.47. The van der Waals surface area contributed by atoms with Crippen molar-refractivity contribution >= 4 is 27.7 Å². The Labute approximate surface area is 108 Å². The summed E-state index contributed by atoms with van der Waals surface area (Å²) in [5, 5.41) is 0. The van der Waals surface area contributed by atoms with Gasteiger partial charge in [0, 0.05) is 32.2 Å². The highest BCUT2D eigenvalue weighted by Gasteiger charge is 2.09. The second kappa shape index (κ2) is 5.09. The maximum absolute atomic E-state index is 5.58. The number of rotatable bonds is 3. The first kappa shape index (κ1) is 11.8. The van der Waals surface area contributed by atoms with Crippen molar-refractivity contribution in [1.82, 2.24) is 15.0 Å². The number of aromatic nitrogens is 3. The zero-order valence-corrected chi connectivity index (χ0v) is 10.9. The number of nitrogen functional groups attached to an aromatic ring is 1. The van der Waals surface area contributed by atoms with E-state index in [2.05, 4.69) is 30.9 Å². The summed E-state index contributed by atoms with van der Waals surface area (Å²) in [4.78, 5) is 14.2. The van der Waals surface area contributed by atoms with Gasteiger partial charge in [-0.15, -0.1) is 0 Å². The van der Waals surface area contributed by atoms with E-state index in [1.54, 1.807) is 12.4 Å². The lowest BCUT2D eigenvalue weighted by Gasteiger charge is -2.19. The van der Waals surface area contributed by atoms with E-state index in [-0.39, 0.29) is 5.95 Å². The molecule has 0 saturated carbocycles. The third-order valence-electron chi connectivity index (χ3n) is 2.25. The van der Waals surface area contributed by atoms with Gasteiger partial charge >= 0.3 is 0 Å². The summed E-state index contributed by atoms with van der Waals surface area (Å²) in [5.41, 5.74) is 6.69. The summed E-state index contributed by atoms with van der Waals surface area (Å²) < 4.78 is 0.818. The predicted molar refractivity (Wildman–Crippen MR) is 70.5 cm³/mol. The van der Waals surface area contributed by atoms with Gasteiger partial charge in [-0.25, -0.2) is 4.98 Å². The minimum absolute atomic E-state index is 0.265. The molecule has 2 aromatic rings. The molecule has 0 aliphatic rings. The number of nitrogens with two attached hydrogens (primary N) is 1. The molecule has 5 nitrogen and oxygen atoms in total. The number of nitrogens with zero attached hydrogens (tertiary/aromatic N) is 4. The summed E-state index contributed by atoms with van der Waals surface area (Å²) in [6.45, 7) is 0.711. The smallest absolute Gasteiger partial charge is 0.222 e. The number of pyridine rings is 1. The van der Waals surface area contributed by atoms with Crippen LogP contribution in [0.15, 0.2) is 35.2 Å². The first-order chi connectivity index (χ1) is 8.16. The van der Waals surface area contributed by atoms with Gasteiger partial charge in [0.25, 0.3) is 0 Å². The van der Waals surface area contributed by atoms with Crippen LogP contribution in [0, 0.1) is 0 Å². The first-order valence-corrected chi connectivity index (χ1v) is 5.84. The zero-order valence-electron chi connectivity index (χ0n) is 9.34. The van der Waals surface area contributed by atoms with E-state index in [1.807, 2.05) is 30.3 Å². The average Bonchev–Trinajstić information content (AvgIpc) is 2.33. The van der Waals surface area contributed by atoms with Crippen LogP contribution in [-0.2, 0) is 6.54 Å². The molecule has 6 heteroatoms. The highest BCUT2D eigenvalue weighted by molar-refractivity contribution is 9.10. The van der Waals surface area contributed by atoms with E-state index in [0.29, 0.717) is 6.54 Å². The van der Waals surface area contributed by atoms with Crippen LogP contribution in [0.1, 0.15) is 5.56 Å². The van der Waals surface area contributed by atoms with Crippen molar-refractivity contribution in [2.45, 2.75) is 6.54 Å². The van der Waals surface area contributed by atoms with Crippen LogP contribution in [0.5, 0.6) is 0 Å². The lowest BCUT2D eigenvalue weighted by molar-refractivity contribution is 0.883. The minimum Gasteiger partial charge on any atom is -0.368 e. The Bertz CT molecular complexity index is 502. The molecule has 88 valence electrons. The van der Waals surface area contributed by atoms with Crippen molar-refractivity contribution < 1.29 is 0 Å². The van der Waals surface area contributed by atoms with Gasteiger partial charge in [0.2, 0.25) is 5.95 Å². The fourth-order valence-corrected chi connectivity index (χ4v) is 1.97. The molecule has 0 spiro atoms. The Kier molecular flexibility index (Phi) is 3.53. The van der Waals surface area contributed by atoms with Gasteiger partial charge in [0.1, 0.15) is 5.82 Å². The van der Waals surface area contributed by atoms with E-state index < -0.39 is 0 Å². The third kappa shape index (κ3) is 2.91. The molecule has 0 atom stereocenters. The molecule has 0 aliphatic heterocycles. The van der Waals surface area contributed by atoms with Crippen LogP contribution in [0.3, 0.4) is 0 Å². The average molecular weight is 294 g/mol. The molecule has 0 fully saturated rings. The SMILES string of the molecule is CN(Cc1cccnc1)c1nc(N)ncc1Br. The highest BCUT2D eigenvalue weighted by Crippen LogP contribution is 2.23. The maximum Gasteiger partial charge on any atom is 0.222 e. The highest BCUT2D eigenvalue weighted by atomic mass is 79.9. The van der Waals surface area contributed by atoms with Gasteiger partial charge in [-0.1, -0.05) is 6.07 Å². The Balaban J connectivity index is 2.20. The van der Waals surface area contributed by atoms with Crippen LogP contribution in [0.4, 0.5) is 11.8 Å². The molecular formula is C11H12BrN5. The van der Waals surface area contributed by atoms with Crippen LogP contribution in [-0.4, -0.2) is 22.0 Å². The molecular weight excluding hydrogens is 282 g/mol. The van der Waals surface area contributed by atoms with Crippen molar-refractivity contribution in [2.24, 2.45) is 0 Å². The standard InChI is InChI=1S/C11H12BrN5/c1-17(7-8-3-2-4-14-5-8)10-9(12)6-15-11(13)16-10/h2-6H,7H2,1H3,(H2,13,15,16). The Morgan fingerprint density at radius 2 is 2.24 bits per heavy atom. The molecule has 0 unspecified atom stereocenters. The van der Waals surface area contributed by atoms with Crippen LogP contribution in [0.25, 0.3) is 0 Å². The van der Waals surface area contributed by atoms with Gasteiger partial charge in [0.15, 0.2) is 0 Å². The van der Waals surface area contributed by atoms with Crippen molar-refractivity contribution in [2.75, 3.05) is 17.7 Å². The number of halogens is 1. The molecule has 0 aliphatic carbocycles. The molecule has 0 bridgehead atoms. The molecule has 2 heterocycles. The minimum atomic E-state index is 0.265. The summed E-state index contributed by atoms with van der Waals surface area (Å²) in [5.74, 6) is 1.03. The fraction of sp³-hybridized carbons (Fsp3) is 0.182. The second-order valence-electron chi connectivity index (χ2n) is 3.62. The van der Waals surface area contributed by atoms with Crippen molar-refractivity contribution in [3.8, 4) is 0 Å². The quantitative estimate of drug-likeness (QED) is 0.935. The molecule has 0 saturated heterocycles. The summed E-state index contributed by atoms with van der Waals surface area (Å²) in [6, 6.07) is 3.93. The molecule has 2 rings (SSSR count). The largest absolute Gasteiger partial charge is 0.368 e. The summed E-state index contributed by atoms with van der Waals surface area (Å²) >= 11 is 3.41. The van der Waals surface area contributed by atoms with Crippen molar-refractivity contribution in [1.29, 1.82) is 0 Å². The lowest BCUT2D eigenvalue weighted by atomic mass is 10.3. The lowest BCUT2D eigenvalue weighted by Crippen LogP contribution is -2.19. The molecule has 0 aromatic carbocycles. The third-order valence-corrected chi connectivity index (χ3v) is 2.81. The Morgan fingerprint density at radius 3 is 2.94 bits per heavy atom. The van der Waals surface area contributed by atoms with E-state index in [1.165, 1.54) is 0 Å². The summed E-state index contributed by atoms with van der Waals surface area (Å²) in [7, 11) is 1.94. The fourth-order valence-electron chi connectivity index (χ4n) is 1.48. The predicted octanol–water partition coefficient (Wildman–Crippen LogP) is 1.85. The molecule has 0 radical (unpaired) electrons. The molecule has 2 aromatic heterocycles. The molecule has 0 amide bonds. The van der Waals surface area contributed by atoms with Gasteiger partial charge < -0.3 is 10.6 Å². The summed E-state index contributed by atoms with van der Waals surface area (Å²) in [6.07, 6.45) is 5.23. The van der Waals surface area contributed by atoms with Gasteiger partial charge in [-0.2, -0.15) is 4.98 Å². The molecule has 2 N–H and O–H groups in total. The van der Waals surface area contributed by atoms with Crippen LogP contribution >= 0.6 is 15.9 Å². The number of hydrogen-bond donors (Lipinski definition) is 1.